The van der Waals surface area contributed by atoms with Gasteiger partial charge in [0.25, 0.3) is 0 Å². The third-order valence-electron chi connectivity index (χ3n) is 3.20. The van der Waals surface area contributed by atoms with Gasteiger partial charge in [0.15, 0.2) is 0 Å². The molecule has 2 atom stereocenters. The summed E-state index contributed by atoms with van der Waals surface area (Å²) in [6.45, 7) is 5.81. The molecule has 0 aromatic heterocycles. The molecule has 1 aliphatic carbocycles. The molecular formula is C12H20O. The maximum atomic E-state index is 11.4. The molecule has 0 unspecified atom stereocenters. The minimum Gasteiger partial charge on any atom is -0.299 e. The molecule has 0 aromatic rings. The van der Waals surface area contributed by atoms with Crippen molar-refractivity contribution in [3.63, 3.8) is 0 Å². The molecule has 74 valence electrons. The van der Waals surface area contributed by atoms with Crippen molar-refractivity contribution in [3.8, 4) is 0 Å². The first-order chi connectivity index (χ1) is 6.25. The molecule has 13 heavy (non-hydrogen) atoms. The molecule has 1 rings (SSSR count). The van der Waals surface area contributed by atoms with Crippen LogP contribution in [0.3, 0.4) is 0 Å². The standard InChI is InChI=1S/C12H20O/c1-3-4-5-7-11-8-6-9-12(13)10(11)2/h3,10-11H,1,4-9H2,2H3/t10-,11+/m0/s1. The highest BCUT2D eigenvalue weighted by atomic mass is 16.1. The number of Topliss-reactive ketones (excluding diaryl/α,β-unsaturated/α-hetero) is 1. The van der Waals surface area contributed by atoms with Gasteiger partial charge in [-0.25, -0.2) is 0 Å². The van der Waals surface area contributed by atoms with Gasteiger partial charge in [-0.05, 0) is 38.0 Å². The van der Waals surface area contributed by atoms with Crippen LogP contribution in [0.25, 0.3) is 0 Å². The second kappa shape index (κ2) is 5.21. The van der Waals surface area contributed by atoms with Crippen molar-refractivity contribution in [2.75, 3.05) is 0 Å². The summed E-state index contributed by atoms with van der Waals surface area (Å²) >= 11 is 0. The van der Waals surface area contributed by atoms with Crippen molar-refractivity contribution in [1.29, 1.82) is 0 Å². The molecule has 0 amide bonds. The minimum atomic E-state index is 0.318. The number of rotatable bonds is 4. The van der Waals surface area contributed by atoms with E-state index in [1.54, 1.807) is 0 Å². The van der Waals surface area contributed by atoms with E-state index in [2.05, 4.69) is 13.5 Å². The monoisotopic (exact) mass is 180 g/mol. The zero-order valence-electron chi connectivity index (χ0n) is 8.59. The van der Waals surface area contributed by atoms with E-state index in [4.69, 9.17) is 0 Å². The Kier molecular flexibility index (Phi) is 4.20. The highest BCUT2D eigenvalue weighted by molar-refractivity contribution is 5.81. The topological polar surface area (TPSA) is 17.1 Å². The summed E-state index contributed by atoms with van der Waals surface area (Å²) in [7, 11) is 0. The number of allylic oxidation sites excluding steroid dienone is 1. The number of carbonyl (C=O) groups is 1. The minimum absolute atomic E-state index is 0.318. The lowest BCUT2D eigenvalue weighted by atomic mass is 9.77. The van der Waals surface area contributed by atoms with Crippen molar-refractivity contribution in [2.24, 2.45) is 11.8 Å². The van der Waals surface area contributed by atoms with Crippen molar-refractivity contribution < 1.29 is 4.79 Å². The first-order valence-electron chi connectivity index (χ1n) is 5.39. The van der Waals surface area contributed by atoms with Crippen LogP contribution in [-0.2, 0) is 4.79 Å². The Morgan fingerprint density at radius 2 is 2.38 bits per heavy atom. The summed E-state index contributed by atoms with van der Waals surface area (Å²) in [5, 5.41) is 0. The van der Waals surface area contributed by atoms with Crippen LogP contribution in [0.2, 0.25) is 0 Å². The van der Waals surface area contributed by atoms with Gasteiger partial charge in [-0.2, -0.15) is 0 Å². The third-order valence-corrected chi connectivity index (χ3v) is 3.20. The van der Waals surface area contributed by atoms with Crippen LogP contribution in [-0.4, -0.2) is 5.78 Å². The van der Waals surface area contributed by atoms with E-state index in [0.717, 1.165) is 19.3 Å². The van der Waals surface area contributed by atoms with Gasteiger partial charge in [-0.15, -0.1) is 6.58 Å². The van der Waals surface area contributed by atoms with Crippen molar-refractivity contribution >= 4 is 5.78 Å². The van der Waals surface area contributed by atoms with Crippen molar-refractivity contribution in [1.82, 2.24) is 0 Å². The van der Waals surface area contributed by atoms with Gasteiger partial charge in [0, 0.05) is 12.3 Å². The van der Waals surface area contributed by atoms with E-state index in [-0.39, 0.29) is 0 Å². The average Bonchev–Trinajstić information content (AvgIpc) is 2.13. The summed E-state index contributed by atoms with van der Waals surface area (Å²) in [6, 6.07) is 0. The van der Waals surface area contributed by atoms with Gasteiger partial charge in [0.05, 0.1) is 0 Å². The zero-order valence-corrected chi connectivity index (χ0v) is 8.59. The van der Waals surface area contributed by atoms with Crippen LogP contribution in [0.4, 0.5) is 0 Å². The fraction of sp³-hybridized carbons (Fsp3) is 0.750. The number of ketones is 1. The molecule has 0 aliphatic heterocycles. The van der Waals surface area contributed by atoms with Gasteiger partial charge < -0.3 is 0 Å². The molecule has 0 radical (unpaired) electrons. The molecule has 1 nitrogen and oxygen atoms in total. The van der Waals surface area contributed by atoms with E-state index in [1.807, 2.05) is 6.08 Å². The van der Waals surface area contributed by atoms with Crippen LogP contribution in [0.1, 0.15) is 45.4 Å². The summed E-state index contributed by atoms with van der Waals surface area (Å²) in [5.41, 5.74) is 0. The van der Waals surface area contributed by atoms with E-state index in [1.165, 1.54) is 19.3 Å². The van der Waals surface area contributed by atoms with Crippen molar-refractivity contribution in [3.05, 3.63) is 12.7 Å². The number of hydrogen-bond donors (Lipinski definition) is 0. The predicted molar refractivity (Wildman–Crippen MR) is 55.6 cm³/mol. The highest BCUT2D eigenvalue weighted by Crippen LogP contribution is 2.30. The summed E-state index contributed by atoms with van der Waals surface area (Å²) in [4.78, 5) is 11.4. The molecule has 0 saturated heterocycles. The average molecular weight is 180 g/mol. The van der Waals surface area contributed by atoms with E-state index in [9.17, 15) is 4.79 Å². The second-order valence-corrected chi connectivity index (χ2v) is 4.13. The molecular weight excluding hydrogens is 160 g/mol. The van der Waals surface area contributed by atoms with Gasteiger partial charge in [-0.3, -0.25) is 4.79 Å². The van der Waals surface area contributed by atoms with Crippen molar-refractivity contribution in [2.45, 2.75) is 45.4 Å². The fourth-order valence-corrected chi connectivity index (χ4v) is 2.20. The molecule has 1 aliphatic rings. The predicted octanol–water partition coefficient (Wildman–Crippen LogP) is 3.35. The second-order valence-electron chi connectivity index (χ2n) is 4.13. The lowest BCUT2D eigenvalue weighted by molar-refractivity contribution is -0.126. The molecule has 0 heterocycles. The number of carbonyl (C=O) groups excluding carboxylic acids is 1. The van der Waals surface area contributed by atoms with Crippen LogP contribution in [0, 0.1) is 11.8 Å². The van der Waals surface area contributed by atoms with E-state index in [0.29, 0.717) is 17.6 Å². The molecule has 1 heteroatoms. The van der Waals surface area contributed by atoms with Gasteiger partial charge >= 0.3 is 0 Å². The smallest absolute Gasteiger partial charge is 0.135 e. The van der Waals surface area contributed by atoms with E-state index >= 15 is 0 Å². The Morgan fingerprint density at radius 1 is 1.62 bits per heavy atom. The quantitative estimate of drug-likeness (QED) is 0.479. The van der Waals surface area contributed by atoms with Crippen LogP contribution < -0.4 is 0 Å². The number of unbranched alkanes of at least 4 members (excludes halogenated alkanes) is 1. The Balaban J connectivity index is 2.30. The van der Waals surface area contributed by atoms with E-state index < -0.39 is 0 Å². The van der Waals surface area contributed by atoms with Crippen LogP contribution in [0.15, 0.2) is 12.7 Å². The van der Waals surface area contributed by atoms with Gasteiger partial charge in [-0.1, -0.05) is 13.0 Å². The first kappa shape index (κ1) is 10.5. The Labute approximate surface area is 81.2 Å². The third kappa shape index (κ3) is 2.98. The Bertz CT molecular complexity index is 184. The molecule has 0 N–H and O–H groups in total. The Hall–Kier alpha value is -0.590. The lowest BCUT2D eigenvalue weighted by Gasteiger charge is -2.27. The fourth-order valence-electron chi connectivity index (χ4n) is 2.20. The van der Waals surface area contributed by atoms with Crippen LogP contribution >= 0.6 is 0 Å². The molecule has 1 saturated carbocycles. The SMILES string of the molecule is C=CCCC[C@@H]1CCCC(=O)[C@H]1C. The Morgan fingerprint density at radius 3 is 3.08 bits per heavy atom. The maximum absolute atomic E-state index is 11.4. The first-order valence-corrected chi connectivity index (χ1v) is 5.39. The molecule has 0 spiro atoms. The van der Waals surface area contributed by atoms with Gasteiger partial charge in [0.1, 0.15) is 5.78 Å². The normalized spacial score (nSPS) is 28.8. The maximum Gasteiger partial charge on any atom is 0.135 e. The molecule has 0 aromatic carbocycles. The summed E-state index contributed by atoms with van der Waals surface area (Å²) < 4.78 is 0. The van der Waals surface area contributed by atoms with Gasteiger partial charge in [0.2, 0.25) is 0 Å². The largest absolute Gasteiger partial charge is 0.299 e. The summed E-state index contributed by atoms with van der Waals surface area (Å²) in [5.74, 6) is 1.45. The number of hydrogen-bond acceptors (Lipinski definition) is 1. The highest BCUT2D eigenvalue weighted by Gasteiger charge is 2.26. The summed E-state index contributed by atoms with van der Waals surface area (Å²) in [6.07, 6.45) is 8.66. The zero-order chi connectivity index (χ0) is 9.68. The van der Waals surface area contributed by atoms with Crippen LogP contribution in [0.5, 0.6) is 0 Å². The lowest BCUT2D eigenvalue weighted by Crippen LogP contribution is -2.25. The molecule has 1 fully saturated rings. The molecule has 0 bridgehead atoms.